The van der Waals surface area contributed by atoms with Gasteiger partial charge in [0.05, 0.1) is 101 Å². The van der Waals surface area contributed by atoms with Crippen molar-refractivity contribution in [2.75, 3.05) is 81.2 Å². The maximum atomic E-state index is 12.9. The molecule has 16 heterocycles. The molecule has 4 saturated heterocycles. The standard InChI is InChI=1S/C22H23N5OS.C20H20N6OS.2C20H19N5OS/c1-14-23-18-6-4-15(10-20(18)29-14)19-11-22(28)27-13-17(5-7-21(27)24-19)26-9-8-16(12-26)25(2)3;1-12-22-15-3-2-13(10-17(15)28-12)16-11-20(27)26-18(23-16)4-5-19(24-26)25-8-6-14(21)7-9-25;1-12-22-16-4-2-13(8-18(16)27-12)17-9-20(26)25-11-15(3-5-19(25)23-17)24-7-6-14(21)10-24;1-12-22-16-3-2-14(10-18(16)27-12)17-11-20(26)25-19(23-17)5-4-15(24-25)13-6-8-21-9-7-13/h4-7,10-11,13,16H,8-9,12H2,1-3H3;2-5,10-11,14H,6-9,21H2,1H3;2-5,8-9,11,14H,6-7,10,21H2,1H3;2-5,10-11,13,21H,6-9H2,1H3/t16-;;;/m0.../s1. The van der Waals surface area contributed by atoms with Gasteiger partial charge in [0.1, 0.15) is 17.1 Å². The molecule has 0 bridgehead atoms. The van der Waals surface area contributed by atoms with Crippen LogP contribution in [0.3, 0.4) is 0 Å². The Hall–Kier alpha value is -11.0. The molecule has 29 heteroatoms. The lowest BCUT2D eigenvalue weighted by Crippen LogP contribution is -2.40. The van der Waals surface area contributed by atoms with E-state index in [-0.39, 0.29) is 34.3 Å². The number of fused-ring (bicyclic) bond motifs is 8. The fraction of sp³-hybridized carbons (Fsp3) is 0.293. The van der Waals surface area contributed by atoms with Gasteiger partial charge in [0.15, 0.2) is 11.3 Å². The molecule has 0 radical (unpaired) electrons. The molecule has 0 aliphatic carbocycles. The second kappa shape index (κ2) is 30.7. The number of anilines is 3. The fourth-order valence-corrected chi connectivity index (χ4v) is 18.5. The van der Waals surface area contributed by atoms with E-state index < -0.39 is 0 Å². The maximum absolute atomic E-state index is 12.9. The highest BCUT2D eigenvalue weighted by molar-refractivity contribution is 7.19. The summed E-state index contributed by atoms with van der Waals surface area (Å²) in [7, 11) is 4.24. The van der Waals surface area contributed by atoms with Gasteiger partial charge >= 0.3 is 0 Å². The Labute approximate surface area is 652 Å². The van der Waals surface area contributed by atoms with Crippen molar-refractivity contribution >= 4 is 126 Å². The van der Waals surface area contributed by atoms with E-state index in [9.17, 15) is 19.2 Å². The molecule has 12 aromatic heterocycles. The van der Waals surface area contributed by atoms with Gasteiger partial charge in [-0.2, -0.15) is 14.1 Å². The van der Waals surface area contributed by atoms with Gasteiger partial charge < -0.3 is 36.4 Å². The normalized spacial score (nSPS) is 16.4. The number of nitrogens with one attached hydrogen (secondary N) is 1. The molecule has 2 atom stereocenters. The van der Waals surface area contributed by atoms with Crippen LogP contribution in [0, 0.1) is 27.7 Å². The van der Waals surface area contributed by atoms with Gasteiger partial charge in [0.25, 0.3) is 22.2 Å². The topological polar surface area (TPSA) is 292 Å². The third kappa shape index (κ3) is 15.5. The first-order valence-electron chi connectivity index (χ1n) is 37.3. The lowest BCUT2D eigenvalue weighted by atomic mass is 9.94. The maximum Gasteiger partial charge on any atom is 0.275 e. The number of aromatic nitrogens is 14. The zero-order chi connectivity index (χ0) is 76.3. The highest BCUT2D eigenvalue weighted by atomic mass is 32.1. The summed E-state index contributed by atoms with van der Waals surface area (Å²) in [4.78, 5) is 96.8. The molecule has 0 spiro atoms. The number of hydrogen-bond donors (Lipinski definition) is 3. The van der Waals surface area contributed by atoms with Gasteiger partial charge in [0.2, 0.25) is 0 Å². The van der Waals surface area contributed by atoms with Gasteiger partial charge in [-0.1, -0.05) is 24.3 Å². The Balaban J connectivity index is 0.000000108. The molecule has 4 aliphatic heterocycles. The van der Waals surface area contributed by atoms with Crippen molar-refractivity contribution in [3.8, 4) is 45.0 Å². The van der Waals surface area contributed by atoms with Crippen molar-refractivity contribution in [3.63, 3.8) is 0 Å². The third-order valence-electron chi connectivity index (χ3n) is 21.0. The molecule has 16 aromatic rings. The zero-order valence-electron chi connectivity index (χ0n) is 62.2. The highest BCUT2D eigenvalue weighted by Gasteiger charge is 2.26. The van der Waals surface area contributed by atoms with E-state index in [2.05, 4.69) is 103 Å². The molecular weight excluding hydrogens is 1470 g/mol. The van der Waals surface area contributed by atoms with Crippen LogP contribution >= 0.6 is 45.3 Å². The van der Waals surface area contributed by atoms with Crippen molar-refractivity contribution in [1.82, 2.24) is 78.1 Å². The van der Waals surface area contributed by atoms with Crippen molar-refractivity contribution < 1.29 is 0 Å². The van der Waals surface area contributed by atoms with Crippen molar-refractivity contribution in [3.05, 3.63) is 225 Å². The summed E-state index contributed by atoms with van der Waals surface area (Å²) in [6.45, 7) is 15.4. The molecule has 1 unspecified atom stereocenters. The number of pyridine rings is 2. The minimum absolute atomic E-state index is 0.0595. The minimum Gasteiger partial charge on any atom is -0.369 e. The number of thiazole rings is 4. The van der Waals surface area contributed by atoms with E-state index in [1.165, 1.54) is 9.03 Å². The Kier molecular flexibility index (Phi) is 20.1. The Morgan fingerprint density at radius 1 is 0.396 bits per heavy atom. The summed E-state index contributed by atoms with van der Waals surface area (Å²) < 4.78 is 10.5. The molecule has 111 heavy (non-hydrogen) atoms. The summed E-state index contributed by atoms with van der Waals surface area (Å²) in [6, 6.07) is 47.0. The van der Waals surface area contributed by atoms with Crippen LogP contribution in [-0.2, 0) is 0 Å². The first kappa shape index (κ1) is 72.8. The van der Waals surface area contributed by atoms with Crippen molar-refractivity contribution in [1.29, 1.82) is 0 Å². The Morgan fingerprint density at radius 2 is 0.784 bits per heavy atom. The molecule has 4 aliphatic rings. The zero-order valence-corrected chi connectivity index (χ0v) is 65.5. The Bertz CT molecular complexity index is 6330. The first-order chi connectivity index (χ1) is 53.8. The summed E-state index contributed by atoms with van der Waals surface area (Å²) in [5.41, 5.74) is 27.3. The fourth-order valence-electron chi connectivity index (χ4n) is 15.0. The van der Waals surface area contributed by atoms with E-state index in [1.807, 2.05) is 137 Å². The van der Waals surface area contributed by atoms with E-state index >= 15 is 0 Å². The summed E-state index contributed by atoms with van der Waals surface area (Å²) >= 11 is 6.59. The van der Waals surface area contributed by atoms with Gasteiger partial charge in [-0.05, 0) is 190 Å². The third-order valence-corrected chi connectivity index (χ3v) is 24.7. The van der Waals surface area contributed by atoms with Gasteiger partial charge in [-0.15, -0.1) is 50.4 Å². The molecule has 4 fully saturated rings. The molecule has 0 saturated carbocycles. The van der Waals surface area contributed by atoms with Crippen LogP contribution in [-0.4, -0.2) is 157 Å². The predicted molar refractivity (Wildman–Crippen MR) is 448 cm³/mol. The van der Waals surface area contributed by atoms with Crippen LogP contribution in [0.15, 0.2) is 177 Å². The molecule has 25 nitrogen and oxygen atoms in total. The summed E-state index contributed by atoms with van der Waals surface area (Å²) in [5, 5.41) is 16.6. The number of nitrogens with two attached hydrogens (primary N) is 2. The lowest BCUT2D eigenvalue weighted by Gasteiger charge is -2.30. The van der Waals surface area contributed by atoms with Crippen LogP contribution in [0.2, 0.25) is 0 Å². The molecule has 20 rings (SSSR count). The monoisotopic (exact) mass is 1550 g/mol. The molecular formula is C82H81N21O4S4. The number of piperidine rings is 2. The van der Waals surface area contributed by atoms with Crippen molar-refractivity contribution in [2.24, 2.45) is 11.5 Å². The average molecular weight is 1550 g/mol. The van der Waals surface area contributed by atoms with E-state index in [0.717, 1.165) is 197 Å². The number of aryl methyl sites for hydroxylation is 4. The van der Waals surface area contributed by atoms with Gasteiger partial charge in [-0.25, -0.2) is 39.9 Å². The summed E-state index contributed by atoms with van der Waals surface area (Å²) in [6.07, 6.45) is 9.86. The van der Waals surface area contributed by atoms with Crippen LogP contribution in [0.1, 0.15) is 70.2 Å². The van der Waals surface area contributed by atoms with Crippen LogP contribution < -0.4 is 53.7 Å². The van der Waals surface area contributed by atoms with E-state index in [0.29, 0.717) is 57.3 Å². The van der Waals surface area contributed by atoms with Gasteiger partial charge in [0, 0.05) is 122 Å². The smallest absolute Gasteiger partial charge is 0.275 e. The number of hydrogen-bond acceptors (Lipinski definition) is 25. The van der Waals surface area contributed by atoms with Crippen LogP contribution in [0.4, 0.5) is 17.2 Å². The van der Waals surface area contributed by atoms with E-state index in [4.69, 9.17) is 21.4 Å². The number of benzene rings is 4. The SMILES string of the molecule is Cc1nc2ccc(-c3cc(=O)n4cc(N5CCC(N)C5)ccc4n3)cc2s1.Cc1nc2ccc(-c3cc(=O)n4cc(N5CC[C@H](N(C)C)C5)ccc4n3)cc2s1.Cc1nc2ccc(-c3cc(=O)n4nc(C5CCNCC5)ccc4n3)cc2s1.Cc1nc2ccc(-c3cc(=O)n4nc(N5CCC(N)CC5)ccc4n3)cc2s1. The molecule has 562 valence electrons. The number of likely N-dealkylation sites (N-methyl/N-ethyl adjacent to an activating group) is 1. The number of rotatable bonds is 9. The molecule has 5 N–H and O–H groups in total. The predicted octanol–water partition coefficient (Wildman–Crippen LogP) is 12.0. The molecule has 4 aromatic carbocycles. The van der Waals surface area contributed by atoms with Gasteiger partial charge in [-0.3, -0.25) is 28.0 Å². The highest BCUT2D eigenvalue weighted by Crippen LogP contribution is 2.34. The minimum atomic E-state index is -0.184. The quantitative estimate of drug-likeness (QED) is 0.121. The lowest BCUT2D eigenvalue weighted by molar-refractivity contribution is 0.315. The number of nitrogens with zero attached hydrogens (tertiary/aromatic N) is 18. The molecule has 0 amide bonds. The Morgan fingerprint density at radius 3 is 1.22 bits per heavy atom. The van der Waals surface area contributed by atoms with Crippen molar-refractivity contribution in [2.45, 2.75) is 90.3 Å². The first-order valence-corrected chi connectivity index (χ1v) is 40.6. The second-order valence-corrected chi connectivity index (χ2v) is 33.9. The van der Waals surface area contributed by atoms with E-state index in [1.54, 1.807) is 78.4 Å². The summed E-state index contributed by atoms with van der Waals surface area (Å²) in [5.74, 6) is 1.19. The van der Waals surface area contributed by atoms with Crippen LogP contribution in [0.5, 0.6) is 0 Å². The largest absolute Gasteiger partial charge is 0.369 e. The van der Waals surface area contributed by atoms with Crippen LogP contribution in [0.25, 0.3) is 108 Å². The average Bonchev–Trinajstić information content (AvgIpc) is 1.68. The second-order valence-electron chi connectivity index (χ2n) is 29.0.